The second kappa shape index (κ2) is 13.6. The van der Waals surface area contributed by atoms with E-state index in [1.54, 1.807) is 18.2 Å². The van der Waals surface area contributed by atoms with Crippen molar-refractivity contribution in [3.63, 3.8) is 0 Å². The molecule has 0 amide bonds. The summed E-state index contributed by atoms with van der Waals surface area (Å²) in [7, 11) is -1.74. The third-order valence-electron chi connectivity index (χ3n) is 8.06. The van der Waals surface area contributed by atoms with Gasteiger partial charge in [-0.3, -0.25) is 9.59 Å². The third kappa shape index (κ3) is 6.24. The SMILES string of the molecule is O=C1C=C(CCCCCCCCC[P+](c2ccccc2)(c2ccccc2)c2ccccc2)C(=O)c2ccccc21. The van der Waals surface area contributed by atoms with Gasteiger partial charge in [0, 0.05) is 16.7 Å². The van der Waals surface area contributed by atoms with E-state index in [1.165, 1.54) is 54.2 Å². The van der Waals surface area contributed by atoms with Crippen LogP contribution in [0.3, 0.4) is 0 Å². The van der Waals surface area contributed by atoms with Gasteiger partial charge in [0.05, 0.1) is 6.16 Å². The van der Waals surface area contributed by atoms with E-state index in [0.29, 0.717) is 23.1 Å². The number of rotatable bonds is 13. The van der Waals surface area contributed by atoms with Crippen LogP contribution in [0.1, 0.15) is 72.1 Å². The number of allylic oxidation sites excluding steroid dienone is 2. The van der Waals surface area contributed by atoms with Crippen LogP contribution in [0.15, 0.2) is 127 Å². The summed E-state index contributed by atoms with van der Waals surface area (Å²) in [5.74, 6) is -0.0112. The van der Waals surface area contributed by atoms with Crippen LogP contribution in [0, 0.1) is 0 Å². The van der Waals surface area contributed by atoms with Gasteiger partial charge in [-0.1, -0.05) is 105 Å². The summed E-state index contributed by atoms with van der Waals surface area (Å²) >= 11 is 0. The molecule has 0 saturated heterocycles. The fourth-order valence-corrected chi connectivity index (χ4v) is 10.4. The van der Waals surface area contributed by atoms with E-state index >= 15 is 0 Å². The number of unbranched alkanes of at least 4 members (excludes halogenated alkanes) is 6. The van der Waals surface area contributed by atoms with Crippen molar-refractivity contribution in [1.29, 1.82) is 0 Å². The molecule has 0 spiro atoms. The number of hydrogen-bond acceptors (Lipinski definition) is 2. The Balaban J connectivity index is 1.13. The Morgan fingerprint density at radius 2 is 0.875 bits per heavy atom. The lowest BCUT2D eigenvalue weighted by Crippen LogP contribution is -2.33. The Morgan fingerprint density at radius 1 is 0.450 bits per heavy atom. The number of Topliss-reactive ketones (excluding diaryl/α,β-unsaturated/α-hetero) is 1. The van der Waals surface area contributed by atoms with Crippen LogP contribution in [0.2, 0.25) is 0 Å². The predicted molar refractivity (Wildman–Crippen MR) is 170 cm³/mol. The van der Waals surface area contributed by atoms with Gasteiger partial charge >= 0.3 is 0 Å². The maximum atomic E-state index is 12.8. The standard InChI is InChI=1S/C37H38O2P/c38-36-29-30(37(39)35-27-17-16-26-34(35)36)19-9-4-2-1-3-5-18-28-40(31-20-10-6-11-21-31,32-22-12-7-13-23-32)33-24-14-8-15-25-33/h6-8,10-17,20-27,29H,1-5,9,18-19,28H2/q+1. The number of ketones is 2. The minimum atomic E-state index is -1.74. The third-order valence-corrected chi connectivity index (χ3v) is 12.6. The Kier molecular flexibility index (Phi) is 9.53. The van der Waals surface area contributed by atoms with E-state index < -0.39 is 7.26 Å². The van der Waals surface area contributed by atoms with Gasteiger partial charge in [0.25, 0.3) is 0 Å². The van der Waals surface area contributed by atoms with E-state index in [1.807, 2.05) is 12.1 Å². The molecule has 0 unspecified atom stereocenters. The zero-order valence-electron chi connectivity index (χ0n) is 23.2. The first-order valence-corrected chi connectivity index (χ1v) is 16.6. The summed E-state index contributed by atoms with van der Waals surface area (Å²) in [4.78, 5) is 25.2. The molecule has 202 valence electrons. The number of hydrogen-bond donors (Lipinski definition) is 0. The molecule has 0 fully saturated rings. The molecule has 0 aliphatic heterocycles. The van der Waals surface area contributed by atoms with Crippen molar-refractivity contribution in [2.75, 3.05) is 6.16 Å². The first-order chi connectivity index (χ1) is 19.7. The van der Waals surface area contributed by atoms with Crippen LogP contribution >= 0.6 is 7.26 Å². The van der Waals surface area contributed by atoms with Crippen molar-refractivity contribution in [3.8, 4) is 0 Å². The van der Waals surface area contributed by atoms with E-state index in [2.05, 4.69) is 91.0 Å². The highest BCUT2D eigenvalue weighted by Crippen LogP contribution is 2.56. The molecule has 0 atom stereocenters. The lowest BCUT2D eigenvalue weighted by molar-refractivity contribution is 0.0981. The van der Waals surface area contributed by atoms with E-state index in [9.17, 15) is 9.59 Å². The highest BCUT2D eigenvalue weighted by atomic mass is 31.2. The van der Waals surface area contributed by atoms with Crippen molar-refractivity contribution < 1.29 is 9.59 Å². The molecule has 0 bridgehead atoms. The van der Waals surface area contributed by atoms with Gasteiger partial charge in [-0.2, -0.15) is 0 Å². The summed E-state index contributed by atoms with van der Waals surface area (Å²) in [5.41, 5.74) is 1.77. The first kappa shape index (κ1) is 27.9. The zero-order valence-corrected chi connectivity index (χ0v) is 24.1. The average molecular weight is 546 g/mol. The highest BCUT2D eigenvalue weighted by molar-refractivity contribution is 7.95. The van der Waals surface area contributed by atoms with Crippen molar-refractivity contribution >= 4 is 34.7 Å². The molecule has 5 rings (SSSR count). The molecule has 0 saturated carbocycles. The van der Waals surface area contributed by atoms with Crippen LogP contribution in [0.5, 0.6) is 0 Å². The second-order valence-electron chi connectivity index (χ2n) is 10.7. The molecule has 4 aromatic rings. The molecular formula is C37H38O2P+. The maximum Gasteiger partial charge on any atom is 0.189 e. The topological polar surface area (TPSA) is 34.1 Å². The molecule has 1 aliphatic rings. The van der Waals surface area contributed by atoms with Gasteiger partial charge < -0.3 is 0 Å². The van der Waals surface area contributed by atoms with Gasteiger partial charge in [-0.25, -0.2) is 0 Å². The Hall–Kier alpha value is -3.61. The number of carbonyl (C=O) groups is 2. The van der Waals surface area contributed by atoms with Gasteiger partial charge in [0.15, 0.2) is 11.6 Å². The van der Waals surface area contributed by atoms with Crippen LogP contribution in [-0.2, 0) is 0 Å². The molecule has 1 aliphatic carbocycles. The predicted octanol–water partition coefficient (Wildman–Crippen LogP) is 8.11. The maximum absolute atomic E-state index is 12.8. The summed E-state index contributed by atoms with van der Waals surface area (Å²) in [5, 5.41) is 4.38. The molecule has 2 nitrogen and oxygen atoms in total. The Morgan fingerprint density at radius 3 is 1.40 bits per heavy atom. The van der Waals surface area contributed by atoms with E-state index in [-0.39, 0.29) is 11.6 Å². The minimum absolute atomic E-state index is 0.0252. The molecular weight excluding hydrogens is 507 g/mol. The molecule has 0 N–H and O–H groups in total. The summed E-state index contributed by atoms with van der Waals surface area (Å²) in [6.07, 6.45) is 11.5. The van der Waals surface area contributed by atoms with Crippen molar-refractivity contribution in [2.24, 2.45) is 0 Å². The normalized spacial score (nSPS) is 13.2. The van der Waals surface area contributed by atoms with Crippen LogP contribution in [0.4, 0.5) is 0 Å². The minimum Gasteiger partial charge on any atom is -0.289 e. The average Bonchev–Trinajstić information content (AvgIpc) is 3.02. The Labute approximate surface area is 239 Å². The van der Waals surface area contributed by atoms with Crippen LogP contribution in [-0.4, -0.2) is 17.7 Å². The van der Waals surface area contributed by atoms with E-state index in [0.717, 1.165) is 12.8 Å². The van der Waals surface area contributed by atoms with Crippen molar-refractivity contribution in [3.05, 3.63) is 138 Å². The van der Waals surface area contributed by atoms with Gasteiger partial charge in [-0.15, -0.1) is 0 Å². The van der Waals surface area contributed by atoms with Crippen molar-refractivity contribution in [1.82, 2.24) is 0 Å². The number of benzene rings is 4. The molecule has 4 aromatic carbocycles. The van der Waals surface area contributed by atoms with Gasteiger partial charge in [0.1, 0.15) is 23.2 Å². The summed E-state index contributed by atoms with van der Waals surface area (Å²) in [6.45, 7) is 0. The molecule has 0 radical (unpaired) electrons. The Bertz CT molecular complexity index is 1340. The van der Waals surface area contributed by atoms with Crippen LogP contribution in [0.25, 0.3) is 0 Å². The molecule has 3 heteroatoms. The molecule has 40 heavy (non-hydrogen) atoms. The quantitative estimate of drug-likeness (QED) is 0.126. The lowest BCUT2D eigenvalue weighted by atomic mass is 9.87. The number of carbonyl (C=O) groups excluding carboxylic acids is 2. The number of fused-ring (bicyclic) bond motifs is 1. The first-order valence-electron chi connectivity index (χ1n) is 14.6. The fraction of sp³-hybridized carbons (Fsp3) is 0.243. The second-order valence-corrected chi connectivity index (χ2v) is 14.3. The van der Waals surface area contributed by atoms with Gasteiger partial charge in [-0.05, 0) is 68.2 Å². The largest absolute Gasteiger partial charge is 0.289 e. The highest BCUT2D eigenvalue weighted by Gasteiger charge is 2.44. The monoisotopic (exact) mass is 545 g/mol. The smallest absolute Gasteiger partial charge is 0.189 e. The summed E-state index contributed by atoms with van der Waals surface area (Å²) < 4.78 is 0. The zero-order chi connectivity index (χ0) is 27.6. The fourth-order valence-electron chi connectivity index (χ4n) is 5.99. The summed E-state index contributed by atoms with van der Waals surface area (Å²) in [6, 6.07) is 40.6. The molecule has 0 heterocycles. The molecule has 0 aromatic heterocycles. The van der Waals surface area contributed by atoms with Gasteiger partial charge in [0.2, 0.25) is 0 Å². The lowest BCUT2D eigenvalue weighted by Gasteiger charge is -2.27. The van der Waals surface area contributed by atoms with Crippen LogP contribution < -0.4 is 15.9 Å². The van der Waals surface area contributed by atoms with E-state index in [4.69, 9.17) is 0 Å². The van der Waals surface area contributed by atoms with Crippen molar-refractivity contribution in [2.45, 2.75) is 51.4 Å².